The Bertz CT molecular complexity index is 1200. The molecule has 0 amide bonds. The quantitative estimate of drug-likeness (QED) is 0.317. The number of nitrogens with one attached hydrogen (secondary N) is 2. The number of pyridine rings is 1. The highest BCUT2D eigenvalue weighted by molar-refractivity contribution is 7.92. The van der Waals surface area contributed by atoms with Crippen LogP contribution in [0.5, 0.6) is 0 Å². The smallest absolute Gasteiger partial charge is 0.270 e. The van der Waals surface area contributed by atoms with E-state index in [4.69, 9.17) is 11.6 Å². The maximum absolute atomic E-state index is 12.9. The lowest BCUT2D eigenvalue weighted by Crippen LogP contribution is -2.15. The first-order valence-electron chi connectivity index (χ1n) is 8.55. The largest absolute Gasteiger partial charge is 0.280 e. The lowest BCUT2D eigenvalue weighted by molar-refractivity contribution is -0.385. The zero-order valence-corrected chi connectivity index (χ0v) is 17.2. The molecule has 1 heterocycles. The van der Waals surface area contributed by atoms with Gasteiger partial charge in [0.1, 0.15) is 4.90 Å². The Labute approximate surface area is 177 Å². The van der Waals surface area contributed by atoms with Crippen LogP contribution in [0.2, 0.25) is 5.02 Å². The van der Waals surface area contributed by atoms with Crippen LogP contribution in [0.1, 0.15) is 12.6 Å². The summed E-state index contributed by atoms with van der Waals surface area (Å²) in [5.41, 5.74) is 3.71. The van der Waals surface area contributed by atoms with Gasteiger partial charge in [0, 0.05) is 29.0 Å². The van der Waals surface area contributed by atoms with Crippen molar-refractivity contribution in [1.82, 2.24) is 4.98 Å². The van der Waals surface area contributed by atoms with Gasteiger partial charge < -0.3 is 0 Å². The summed E-state index contributed by atoms with van der Waals surface area (Å²) in [6.07, 6.45) is 1.60. The standard InChI is InChI=1S/C19H16ClN5O4S/c1-13(17-4-2-3-11-21-17)22-23-18-10-9-16(25(26)27)12-19(18)30(28,29)24-15-7-5-14(20)6-8-15/h2-12,23-24H,1H3/b22-13+. The number of hydrazone groups is 1. The maximum atomic E-state index is 12.9. The van der Waals surface area contributed by atoms with Crippen LogP contribution in [0.15, 0.2) is 76.9 Å². The third-order valence-electron chi connectivity index (χ3n) is 3.94. The van der Waals surface area contributed by atoms with Crippen molar-refractivity contribution in [1.29, 1.82) is 0 Å². The molecule has 9 nitrogen and oxygen atoms in total. The van der Waals surface area contributed by atoms with E-state index in [1.807, 2.05) is 0 Å². The average Bonchev–Trinajstić information content (AvgIpc) is 2.74. The second kappa shape index (κ2) is 8.89. The van der Waals surface area contributed by atoms with Gasteiger partial charge in [-0.05, 0) is 49.4 Å². The summed E-state index contributed by atoms with van der Waals surface area (Å²) in [4.78, 5) is 14.3. The number of halogens is 1. The van der Waals surface area contributed by atoms with Gasteiger partial charge in [-0.3, -0.25) is 25.2 Å². The number of hydrogen-bond donors (Lipinski definition) is 2. The first-order chi connectivity index (χ1) is 14.3. The SMILES string of the molecule is C/C(=N\Nc1ccc([N+](=O)[O-])cc1S(=O)(=O)Nc1ccc(Cl)cc1)c1ccccn1. The summed E-state index contributed by atoms with van der Waals surface area (Å²) in [6, 6.07) is 14.7. The zero-order chi connectivity index (χ0) is 21.7. The molecular weight excluding hydrogens is 430 g/mol. The van der Waals surface area contributed by atoms with Gasteiger partial charge in [0.05, 0.1) is 22.0 Å². The van der Waals surface area contributed by atoms with Gasteiger partial charge in [0.25, 0.3) is 15.7 Å². The molecule has 154 valence electrons. The predicted molar refractivity (Wildman–Crippen MR) is 115 cm³/mol. The lowest BCUT2D eigenvalue weighted by atomic mass is 10.2. The zero-order valence-electron chi connectivity index (χ0n) is 15.6. The van der Waals surface area contributed by atoms with Crippen LogP contribution < -0.4 is 10.1 Å². The van der Waals surface area contributed by atoms with Crippen molar-refractivity contribution in [2.24, 2.45) is 5.10 Å². The summed E-state index contributed by atoms with van der Waals surface area (Å²) < 4.78 is 28.2. The fourth-order valence-electron chi connectivity index (χ4n) is 2.45. The number of nitro groups is 1. The van der Waals surface area contributed by atoms with Crippen molar-refractivity contribution >= 4 is 44.4 Å². The molecule has 0 saturated carbocycles. The molecule has 0 bridgehead atoms. The molecule has 11 heteroatoms. The molecule has 0 saturated heterocycles. The van der Waals surface area contributed by atoms with E-state index in [2.05, 4.69) is 20.2 Å². The normalized spacial score (nSPS) is 11.7. The van der Waals surface area contributed by atoms with Crippen molar-refractivity contribution in [3.05, 3.63) is 87.7 Å². The van der Waals surface area contributed by atoms with Gasteiger partial charge in [-0.1, -0.05) is 17.7 Å². The van der Waals surface area contributed by atoms with Crippen LogP contribution in [0.3, 0.4) is 0 Å². The molecule has 0 radical (unpaired) electrons. The molecule has 0 aliphatic heterocycles. The summed E-state index contributed by atoms with van der Waals surface area (Å²) >= 11 is 5.82. The van der Waals surface area contributed by atoms with Gasteiger partial charge in [-0.15, -0.1) is 0 Å². The number of hydrogen-bond acceptors (Lipinski definition) is 7. The number of rotatable bonds is 7. The second-order valence-corrected chi connectivity index (χ2v) is 8.16. The molecule has 1 aromatic heterocycles. The van der Waals surface area contributed by atoms with Gasteiger partial charge in [-0.25, -0.2) is 8.42 Å². The Balaban J connectivity index is 1.97. The van der Waals surface area contributed by atoms with Crippen LogP contribution in [0.25, 0.3) is 0 Å². The number of sulfonamides is 1. The van der Waals surface area contributed by atoms with Crippen LogP contribution in [0.4, 0.5) is 17.1 Å². The van der Waals surface area contributed by atoms with E-state index in [0.717, 1.165) is 6.07 Å². The second-order valence-electron chi connectivity index (χ2n) is 6.07. The minimum absolute atomic E-state index is 0.0670. The molecule has 0 spiro atoms. The van der Waals surface area contributed by atoms with Crippen LogP contribution in [-0.2, 0) is 10.0 Å². The van der Waals surface area contributed by atoms with Gasteiger partial charge >= 0.3 is 0 Å². The number of nitro benzene ring substituents is 1. The number of benzene rings is 2. The Kier molecular flexibility index (Phi) is 6.28. The summed E-state index contributed by atoms with van der Waals surface area (Å²) in [5, 5.41) is 15.8. The Hall–Kier alpha value is -3.50. The molecule has 30 heavy (non-hydrogen) atoms. The van der Waals surface area contributed by atoms with Crippen molar-refractivity contribution in [2.45, 2.75) is 11.8 Å². The van der Waals surface area contributed by atoms with Crippen molar-refractivity contribution < 1.29 is 13.3 Å². The van der Waals surface area contributed by atoms with E-state index in [1.54, 1.807) is 31.3 Å². The van der Waals surface area contributed by atoms with E-state index in [-0.39, 0.29) is 22.0 Å². The first kappa shape index (κ1) is 21.2. The molecule has 3 rings (SSSR count). The van der Waals surface area contributed by atoms with E-state index in [0.29, 0.717) is 16.4 Å². The molecule has 0 aliphatic carbocycles. The van der Waals surface area contributed by atoms with E-state index in [9.17, 15) is 18.5 Å². The Morgan fingerprint density at radius 3 is 2.50 bits per heavy atom. The highest BCUT2D eigenvalue weighted by atomic mass is 35.5. The minimum Gasteiger partial charge on any atom is -0.280 e. The molecule has 3 aromatic rings. The summed E-state index contributed by atoms with van der Waals surface area (Å²) in [6.45, 7) is 1.70. The fraction of sp³-hybridized carbons (Fsp3) is 0.0526. The highest BCUT2D eigenvalue weighted by Gasteiger charge is 2.23. The van der Waals surface area contributed by atoms with Crippen LogP contribution in [0, 0.1) is 10.1 Å². The molecule has 0 unspecified atom stereocenters. The van der Waals surface area contributed by atoms with Gasteiger partial charge in [-0.2, -0.15) is 5.10 Å². The highest BCUT2D eigenvalue weighted by Crippen LogP contribution is 2.28. The number of nitrogens with zero attached hydrogens (tertiary/aromatic N) is 3. The maximum Gasteiger partial charge on any atom is 0.270 e. The van der Waals surface area contributed by atoms with Gasteiger partial charge in [0.2, 0.25) is 0 Å². The van der Waals surface area contributed by atoms with Crippen molar-refractivity contribution in [2.75, 3.05) is 10.1 Å². The fourth-order valence-corrected chi connectivity index (χ4v) is 3.81. The predicted octanol–water partition coefficient (Wildman–Crippen LogP) is 4.28. The Morgan fingerprint density at radius 2 is 1.87 bits per heavy atom. The third-order valence-corrected chi connectivity index (χ3v) is 5.61. The minimum atomic E-state index is -4.17. The Morgan fingerprint density at radius 1 is 1.13 bits per heavy atom. The molecule has 0 atom stereocenters. The van der Waals surface area contributed by atoms with Crippen LogP contribution >= 0.6 is 11.6 Å². The monoisotopic (exact) mass is 445 g/mol. The van der Waals surface area contributed by atoms with Crippen molar-refractivity contribution in [3.8, 4) is 0 Å². The number of aromatic nitrogens is 1. The lowest BCUT2D eigenvalue weighted by Gasteiger charge is -2.12. The molecule has 2 N–H and O–H groups in total. The number of anilines is 2. The van der Waals surface area contributed by atoms with Crippen LogP contribution in [-0.4, -0.2) is 24.0 Å². The summed E-state index contributed by atoms with van der Waals surface area (Å²) in [7, 11) is -4.17. The van der Waals surface area contributed by atoms with E-state index in [1.165, 1.54) is 36.4 Å². The molecular formula is C19H16ClN5O4S. The van der Waals surface area contributed by atoms with Gasteiger partial charge in [0.15, 0.2) is 0 Å². The first-order valence-corrected chi connectivity index (χ1v) is 10.4. The van der Waals surface area contributed by atoms with E-state index >= 15 is 0 Å². The molecule has 0 aliphatic rings. The molecule has 0 fully saturated rings. The third kappa shape index (κ3) is 5.10. The van der Waals surface area contributed by atoms with Crippen molar-refractivity contribution in [3.63, 3.8) is 0 Å². The topological polar surface area (TPSA) is 127 Å². The van der Waals surface area contributed by atoms with E-state index < -0.39 is 14.9 Å². The molecule has 2 aromatic carbocycles. The number of non-ortho nitro benzene ring substituents is 1. The average molecular weight is 446 g/mol. The summed E-state index contributed by atoms with van der Waals surface area (Å²) in [5.74, 6) is 0.